The predicted molar refractivity (Wildman–Crippen MR) is 195 cm³/mol. The van der Waals surface area contributed by atoms with Gasteiger partial charge in [-0.25, -0.2) is 14.4 Å². The summed E-state index contributed by atoms with van der Waals surface area (Å²) in [4.78, 5) is 42.4. The van der Waals surface area contributed by atoms with Gasteiger partial charge in [0.25, 0.3) is 0 Å². The molecule has 4 aromatic rings. The Morgan fingerprint density at radius 3 is 1.44 bits per heavy atom. The van der Waals surface area contributed by atoms with Crippen molar-refractivity contribution in [2.45, 2.75) is 91.6 Å². The quantitative estimate of drug-likeness (QED) is 0.124. The number of aromatic nitrogens is 4. The molecule has 0 radical (unpaired) electrons. The van der Waals surface area contributed by atoms with Gasteiger partial charge >= 0.3 is 0 Å². The zero-order valence-corrected chi connectivity index (χ0v) is 30.2. The average molecular weight is 683 g/mol. The molecular weight excluding hydrogens is 631 g/mol. The van der Waals surface area contributed by atoms with Crippen LogP contribution in [0.3, 0.4) is 0 Å². The minimum Gasteiger partial charge on any atom is -0.346 e. The van der Waals surface area contributed by atoms with Gasteiger partial charge in [0.2, 0.25) is 11.8 Å². The molecule has 4 heterocycles. The average Bonchev–Trinajstić information content (AvgIpc) is 3.89. The number of hydrogen-bond acceptors (Lipinski definition) is 6. The molecule has 11 heteroatoms. The fraction of sp³-hybridized carbons (Fsp3) is 0.487. The highest BCUT2D eigenvalue weighted by Crippen LogP contribution is 2.35. The number of benzene rings is 2. The minimum absolute atomic E-state index is 0.0173. The first-order chi connectivity index (χ1) is 23.7. The summed E-state index contributed by atoms with van der Waals surface area (Å²) in [6.07, 6.45) is 3.78. The van der Waals surface area contributed by atoms with Gasteiger partial charge in [-0.2, -0.15) is 0 Å². The summed E-state index contributed by atoms with van der Waals surface area (Å²) in [6.45, 7) is 15.7. The lowest BCUT2D eigenvalue weighted by Crippen LogP contribution is -2.45. The molecule has 50 heavy (non-hydrogen) atoms. The first kappa shape index (κ1) is 35.5. The summed E-state index contributed by atoms with van der Waals surface area (Å²) in [7, 11) is 0. The molecular formula is C39H51FN8O2. The van der Waals surface area contributed by atoms with Gasteiger partial charge in [-0.3, -0.25) is 9.59 Å². The van der Waals surface area contributed by atoms with Gasteiger partial charge < -0.3 is 31.2 Å². The van der Waals surface area contributed by atoms with Crippen molar-refractivity contribution in [3.63, 3.8) is 0 Å². The fourth-order valence-electron chi connectivity index (χ4n) is 6.81. The van der Waals surface area contributed by atoms with Crippen LogP contribution in [0, 0.1) is 16.7 Å². The van der Waals surface area contributed by atoms with Gasteiger partial charge in [0, 0.05) is 36.5 Å². The highest BCUT2D eigenvalue weighted by atomic mass is 19.1. The Hall–Kier alpha value is -4.35. The van der Waals surface area contributed by atoms with E-state index in [2.05, 4.69) is 95.3 Å². The molecule has 10 nitrogen and oxygen atoms in total. The van der Waals surface area contributed by atoms with Crippen LogP contribution in [0.25, 0.3) is 33.6 Å². The molecule has 0 aliphatic carbocycles. The molecule has 6 N–H and O–H groups in total. The molecule has 2 amide bonds. The summed E-state index contributed by atoms with van der Waals surface area (Å²) in [5, 5.41) is 12.6. The highest BCUT2D eigenvalue weighted by Gasteiger charge is 2.36. The number of carbonyl (C=O) groups excluding carboxylic acids is 2. The van der Waals surface area contributed by atoms with E-state index in [1.54, 1.807) is 0 Å². The fourth-order valence-corrected chi connectivity index (χ4v) is 6.81. The lowest BCUT2D eigenvalue weighted by Gasteiger charge is -2.31. The number of halogens is 1. The second-order valence-electron chi connectivity index (χ2n) is 16.2. The number of imidazole rings is 2. The summed E-state index contributed by atoms with van der Waals surface area (Å²) in [5.41, 5.74) is 5.12. The van der Waals surface area contributed by atoms with E-state index in [0.29, 0.717) is 11.7 Å². The van der Waals surface area contributed by atoms with Crippen LogP contribution in [0.4, 0.5) is 4.39 Å². The zero-order valence-electron chi connectivity index (χ0n) is 30.2. The number of amides is 2. The maximum Gasteiger partial charge on any atom is 0.237 e. The van der Waals surface area contributed by atoms with E-state index in [1.165, 1.54) is 0 Å². The van der Waals surface area contributed by atoms with E-state index in [0.717, 1.165) is 52.4 Å². The van der Waals surface area contributed by atoms with Crippen LogP contribution in [-0.2, 0) is 9.59 Å². The molecule has 266 valence electrons. The second kappa shape index (κ2) is 14.1. The van der Waals surface area contributed by atoms with Crippen LogP contribution in [0.2, 0.25) is 0 Å². The maximum absolute atomic E-state index is 13.7. The SMILES string of the molecule is C[C@H]1CN[C@H](C(=O)N[C@H](c2nc(-c3ccc(-c4ccc(-c5c[nH]c([C@@H](NC(=O)[C@@H]6C[C@@H](F)CN6)C(C)(C)C)n5)cc4)cc3)c[nH]2)C(C)(C)C)C1. The van der Waals surface area contributed by atoms with E-state index < -0.39 is 12.2 Å². The maximum atomic E-state index is 13.7. The summed E-state index contributed by atoms with van der Waals surface area (Å²) in [6, 6.07) is 15.2. The van der Waals surface area contributed by atoms with Gasteiger partial charge in [0.15, 0.2) is 0 Å². The normalized spacial score (nSPS) is 22.3. The Bertz CT molecular complexity index is 1650. The van der Waals surface area contributed by atoms with Gasteiger partial charge in [-0.05, 0) is 40.8 Å². The predicted octanol–water partition coefficient (Wildman–Crippen LogP) is 6.24. The van der Waals surface area contributed by atoms with Crippen LogP contribution in [0.1, 0.15) is 85.0 Å². The Morgan fingerprint density at radius 2 is 1.08 bits per heavy atom. The van der Waals surface area contributed by atoms with Gasteiger partial charge in [-0.15, -0.1) is 0 Å². The first-order valence-corrected chi connectivity index (χ1v) is 17.7. The van der Waals surface area contributed by atoms with Crippen molar-refractivity contribution in [3.05, 3.63) is 72.6 Å². The number of nitrogens with one attached hydrogen (secondary N) is 6. The van der Waals surface area contributed by atoms with E-state index in [-0.39, 0.29) is 53.7 Å². The van der Waals surface area contributed by atoms with Crippen molar-refractivity contribution in [2.75, 3.05) is 13.1 Å². The smallest absolute Gasteiger partial charge is 0.237 e. The number of nitrogens with zero attached hydrogens (tertiary/aromatic N) is 2. The van der Waals surface area contributed by atoms with E-state index in [1.807, 2.05) is 45.3 Å². The first-order valence-electron chi connectivity index (χ1n) is 17.7. The number of H-pyrrole nitrogens is 2. The summed E-state index contributed by atoms with van der Waals surface area (Å²) >= 11 is 0. The van der Waals surface area contributed by atoms with Crippen molar-refractivity contribution in [2.24, 2.45) is 16.7 Å². The Kier molecular flexibility index (Phi) is 10.0. The molecule has 2 saturated heterocycles. The van der Waals surface area contributed by atoms with Crippen molar-refractivity contribution < 1.29 is 14.0 Å². The van der Waals surface area contributed by atoms with Crippen molar-refractivity contribution in [1.82, 2.24) is 41.2 Å². The Balaban J connectivity index is 1.12. The molecule has 2 aliphatic rings. The lowest BCUT2D eigenvalue weighted by molar-refractivity contribution is -0.125. The number of carbonyl (C=O) groups is 2. The van der Waals surface area contributed by atoms with Crippen molar-refractivity contribution in [1.29, 1.82) is 0 Å². The van der Waals surface area contributed by atoms with Crippen LogP contribution in [-0.4, -0.2) is 63.1 Å². The minimum atomic E-state index is -1.00. The summed E-state index contributed by atoms with van der Waals surface area (Å²) < 4.78 is 13.7. The van der Waals surface area contributed by atoms with Gasteiger partial charge in [0.05, 0.1) is 35.6 Å². The molecule has 2 aromatic carbocycles. The van der Waals surface area contributed by atoms with E-state index in [9.17, 15) is 14.0 Å². The van der Waals surface area contributed by atoms with Crippen molar-refractivity contribution in [3.8, 4) is 33.6 Å². The molecule has 0 unspecified atom stereocenters. The number of rotatable bonds is 9. The topological polar surface area (TPSA) is 140 Å². The van der Waals surface area contributed by atoms with Crippen molar-refractivity contribution >= 4 is 11.8 Å². The lowest BCUT2D eigenvalue weighted by atomic mass is 9.86. The number of aromatic amines is 2. The van der Waals surface area contributed by atoms with Crippen LogP contribution in [0.5, 0.6) is 0 Å². The monoisotopic (exact) mass is 682 g/mol. The summed E-state index contributed by atoms with van der Waals surface area (Å²) in [5.74, 6) is 1.69. The van der Waals surface area contributed by atoms with Crippen LogP contribution >= 0.6 is 0 Å². The largest absolute Gasteiger partial charge is 0.346 e. The zero-order chi connectivity index (χ0) is 35.8. The molecule has 2 fully saturated rings. The third-order valence-electron chi connectivity index (χ3n) is 9.80. The van der Waals surface area contributed by atoms with Gasteiger partial charge in [0.1, 0.15) is 17.8 Å². The Morgan fingerprint density at radius 1 is 0.680 bits per heavy atom. The van der Waals surface area contributed by atoms with E-state index >= 15 is 0 Å². The molecule has 0 bridgehead atoms. The standard InChI is InChI=1S/C39H51FN8O2/c1-22-16-28(41-18-22)36(49)47-32(38(2,3)4)34-43-20-30(45-34)25-12-8-23(9-13-25)24-10-14-26(15-11-24)31-21-44-35(46-31)33(39(5,6)7)48-37(50)29-17-27(40)19-42-29/h8-15,20-22,27-29,32-33,41-42H,16-19H2,1-7H3,(H,43,45)(H,44,46)(H,47,49)(H,48,50)/t22-,27-,28+,29+,32-,33-/m1/s1. The van der Waals surface area contributed by atoms with Crippen LogP contribution < -0.4 is 21.3 Å². The molecule has 2 aromatic heterocycles. The Labute approximate surface area is 294 Å². The molecule has 6 atom stereocenters. The third-order valence-corrected chi connectivity index (χ3v) is 9.80. The molecule has 2 aliphatic heterocycles. The number of alkyl halides is 1. The second-order valence-corrected chi connectivity index (χ2v) is 16.2. The number of hydrogen-bond donors (Lipinski definition) is 6. The van der Waals surface area contributed by atoms with Gasteiger partial charge in [-0.1, -0.05) is 97.0 Å². The molecule has 0 spiro atoms. The third kappa shape index (κ3) is 8.00. The van der Waals surface area contributed by atoms with E-state index in [4.69, 9.17) is 9.97 Å². The van der Waals surface area contributed by atoms with Crippen LogP contribution in [0.15, 0.2) is 60.9 Å². The molecule has 6 rings (SSSR count). The molecule has 0 saturated carbocycles. The highest BCUT2D eigenvalue weighted by molar-refractivity contribution is 5.83.